The summed E-state index contributed by atoms with van der Waals surface area (Å²) in [7, 11) is 2.19. The van der Waals surface area contributed by atoms with Crippen molar-refractivity contribution in [2.75, 3.05) is 18.5 Å². The molecule has 0 radical (unpaired) electrons. The van der Waals surface area contributed by atoms with Crippen molar-refractivity contribution < 1.29 is 0 Å². The molecule has 6 rings (SSSR count). The second kappa shape index (κ2) is 6.84. The largest absolute Gasteiger partial charge is 0.375 e. The topological polar surface area (TPSA) is 48.7 Å². The summed E-state index contributed by atoms with van der Waals surface area (Å²) in [6.45, 7) is 3.25. The number of nitrogens with zero attached hydrogens (tertiary/aromatic N) is 5. The Morgan fingerprint density at radius 2 is 2.00 bits per heavy atom. The van der Waals surface area contributed by atoms with E-state index in [1.165, 1.54) is 29.2 Å². The summed E-state index contributed by atoms with van der Waals surface area (Å²) in [5, 5.41) is 3.84. The molecule has 3 aliphatic rings. The molecule has 3 aromatic rings. The molecule has 30 heavy (non-hydrogen) atoms. The van der Waals surface area contributed by atoms with Crippen LogP contribution < -0.4 is 10.2 Å². The molecule has 6 heterocycles. The van der Waals surface area contributed by atoms with E-state index in [1.54, 1.807) is 0 Å². The van der Waals surface area contributed by atoms with E-state index in [9.17, 15) is 0 Å². The third kappa shape index (κ3) is 2.82. The van der Waals surface area contributed by atoms with Gasteiger partial charge < -0.3 is 15.1 Å². The van der Waals surface area contributed by atoms with Gasteiger partial charge in [-0.05, 0) is 49.9 Å². The average molecular weight is 401 g/mol. The van der Waals surface area contributed by atoms with E-state index < -0.39 is 0 Å². The summed E-state index contributed by atoms with van der Waals surface area (Å²) in [6.07, 6.45) is 11.0. The Morgan fingerprint density at radius 1 is 1.10 bits per heavy atom. The normalized spacial score (nSPS) is 25.9. The molecule has 0 spiro atoms. The highest BCUT2D eigenvalue weighted by molar-refractivity contribution is 5.57. The Bertz CT molecular complexity index is 1130. The molecule has 0 aromatic carbocycles. The molecule has 1 N–H and O–H groups in total. The molecule has 6 nitrogen and oxygen atoms in total. The van der Waals surface area contributed by atoms with Crippen molar-refractivity contribution in [3.05, 3.63) is 71.6 Å². The van der Waals surface area contributed by atoms with E-state index in [2.05, 4.69) is 75.1 Å². The van der Waals surface area contributed by atoms with Gasteiger partial charge in [-0.25, -0.2) is 4.98 Å². The van der Waals surface area contributed by atoms with E-state index in [4.69, 9.17) is 4.98 Å². The smallest absolute Gasteiger partial charge is 0.138 e. The van der Waals surface area contributed by atoms with Crippen molar-refractivity contribution in [2.24, 2.45) is 0 Å². The average Bonchev–Trinajstić information content (AvgIpc) is 3.47. The van der Waals surface area contributed by atoms with Crippen LogP contribution in [0.3, 0.4) is 0 Å². The van der Waals surface area contributed by atoms with Crippen LogP contribution in [-0.2, 0) is 0 Å². The standard InChI is InChI=1S/C24H28N6/c1-16-6-5-11-25-24(16)20-8-3-7-19(26-20)21-15-30-22(27-21)9-4-10-23(30)29-14-17-12-18(29)13-28(17)2/h4-6,9-11,14-15,18-20,26H,3,7-8,12-13H2,1-2H3/t18?,19-,20+/m1/s1. The lowest BCUT2D eigenvalue weighted by atomic mass is 9.93. The third-order valence-corrected chi connectivity index (χ3v) is 6.98. The lowest BCUT2D eigenvalue weighted by Gasteiger charge is -2.30. The summed E-state index contributed by atoms with van der Waals surface area (Å²) in [6, 6.07) is 11.7. The van der Waals surface area contributed by atoms with Crippen molar-refractivity contribution >= 4 is 11.5 Å². The Balaban J connectivity index is 1.32. The fraction of sp³-hybridized carbons (Fsp3) is 0.417. The number of aromatic nitrogens is 3. The highest BCUT2D eigenvalue weighted by atomic mass is 15.3. The Kier molecular flexibility index (Phi) is 4.09. The van der Waals surface area contributed by atoms with E-state index in [1.807, 2.05) is 12.3 Å². The zero-order valence-electron chi connectivity index (χ0n) is 17.6. The molecule has 6 heteroatoms. The lowest BCUT2D eigenvalue weighted by molar-refractivity contribution is 0.321. The number of piperidine rings is 1. The number of hydrogen-bond donors (Lipinski definition) is 1. The highest BCUT2D eigenvalue weighted by Gasteiger charge is 2.36. The van der Waals surface area contributed by atoms with Crippen LogP contribution in [0, 0.1) is 6.92 Å². The number of imidazole rings is 1. The first kappa shape index (κ1) is 18.0. The third-order valence-electron chi connectivity index (χ3n) is 6.98. The van der Waals surface area contributed by atoms with Crippen molar-refractivity contribution in [1.82, 2.24) is 24.6 Å². The first-order chi connectivity index (χ1) is 14.7. The molecule has 1 unspecified atom stereocenters. The van der Waals surface area contributed by atoms with Crippen molar-refractivity contribution in [2.45, 2.75) is 50.7 Å². The number of anilines is 1. The van der Waals surface area contributed by atoms with Crippen LogP contribution in [0.15, 0.2) is 54.6 Å². The van der Waals surface area contributed by atoms with Gasteiger partial charge in [0.25, 0.3) is 0 Å². The minimum absolute atomic E-state index is 0.262. The quantitative estimate of drug-likeness (QED) is 0.721. The number of rotatable bonds is 3. The van der Waals surface area contributed by atoms with E-state index >= 15 is 0 Å². The lowest BCUT2D eigenvalue weighted by Crippen LogP contribution is -2.35. The van der Waals surface area contributed by atoms with Gasteiger partial charge >= 0.3 is 0 Å². The number of likely N-dealkylation sites (tertiary alicyclic amines) is 1. The van der Waals surface area contributed by atoms with Crippen LogP contribution in [0.5, 0.6) is 0 Å². The zero-order valence-corrected chi connectivity index (χ0v) is 17.6. The number of hydrogen-bond acceptors (Lipinski definition) is 5. The van der Waals surface area contributed by atoms with Gasteiger partial charge in [0, 0.05) is 44.3 Å². The summed E-state index contributed by atoms with van der Waals surface area (Å²) in [5.41, 5.74) is 6.02. The second-order valence-electron chi connectivity index (χ2n) is 8.95. The molecule has 0 amide bonds. The summed E-state index contributed by atoms with van der Waals surface area (Å²) in [5.74, 6) is 1.22. The van der Waals surface area contributed by atoms with Crippen LogP contribution in [0.2, 0.25) is 0 Å². The van der Waals surface area contributed by atoms with Crippen molar-refractivity contribution in [3.63, 3.8) is 0 Å². The number of nitrogens with one attached hydrogen (secondary N) is 1. The van der Waals surface area contributed by atoms with E-state index in [-0.39, 0.29) is 6.04 Å². The van der Waals surface area contributed by atoms with Gasteiger partial charge in [0.05, 0.1) is 29.5 Å². The monoisotopic (exact) mass is 400 g/mol. The minimum atomic E-state index is 0.262. The minimum Gasteiger partial charge on any atom is -0.375 e. The predicted molar refractivity (Wildman–Crippen MR) is 118 cm³/mol. The first-order valence-corrected chi connectivity index (χ1v) is 11.0. The molecular weight excluding hydrogens is 372 g/mol. The number of fused-ring (bicyclic) bond motifs is 3. The van der Waals surface area contributed by atoms with Gasteiger partial charge in [-0.3, -0.25) is 9.38 Å². The van der Waals surface area contributed by atoms with Crippen LogP contribution in [0.1, 0.15) is 54.7 Å². The predicted octanol–water partition coefficient (Wildman–Crippen LogP) is 3.96. The first-order valence-electron chi connectivity index (χ1n) is 11.0. The van der Waals surface area contributed by atoms with Gasteiger partial charge in [-0.1, -0.05) is 12.1 Å². The molecule has 0 saturated carbocycles. The van der Waals surface area contributed by atoms with Gasteiger partial charge in [-0.2, -0.15) is 0 Å². The maximum absolute atomic E-state index is 5.02. The maximum atomic E-state index is 5.02. The Morgan fingerprint density at radius 3 is 2.80 bits per heavy atom. The number of pyridine rings is 2. The zero-order chi connectivity index (χ0) is 20.2. The fourth-order valence-electron chi connectivity index (χ4n) is 5.39. The number of likely N-dealkylation sites (N-methyl/N-ethyl adjacent to an activating group) is 1. The molecule has 3 aromatic heterocycles. The molecule has 0 aliphatic carbocycles. The maximum Gasteiger partial charge on any atom is 0.138 e. The molecule has 2 bridgehead atoms. The van der Waals surface area contributed by atoms with Gasteiger partial charge in [0.2, 0.25) is 0 Å². The molecular formula is C24H28N6. The van der Waals surface area contributed by atoms with Gasteiger partial charge in [0.1, 0.15) is 11.5 Å². The molecule has 3 aliphatic heterocycles. The van der Waals surface area contributed by atoms with Crippen molar-refractivity contribution in [1.29, 1.82) is 0 Å². The van der Waals surface area contributed by atoms with Crippen LogP contribution >= 0.6 is 0 Å². The van der Waals surface area contributed by atoms with E-state index in [0.717, 1.165) is 37.1 Å². The molecule has 154 valence electrons. The van der Waals surface area contributed by atoms with Crippen LogP contribution in [0.4, 0.5) is 5.82 Å². The van der Waals surface area contributed by atoms with Crippen LogP contribution in [-0.4, -0.2) is 38.9 Å². The fourth-order valence-corrected chi connectivity index (χ4v) is 5.39. The summed E-state index contributed by atoms with van der Waals surface area (Å²) < 4.78 is 2.27. The Hall–Kier alpha value is -2.86. The highest BCUT2D eigenvalue weighted by Crippen LogP contribution is 2.37. The molecule has 2 saturated heterocycles. The summed E-state index contributed by atoms with van der Waals surface area (Å²) >= 11 is 0. The molecule has 3 atom stereocenters. The number of aryl methyl sites for hydroxylation is 1. The Labute approximate surface area is 177 Å². The van der Waals surface area contributed by atoms with Crippen molar-refractivity contribution in [3.8, 4) is 0 Å². The van der Waals surface area contributed by atoms with Gasteiger partial charge in [0.15, 0.2) is 0 Å². The summed E-state index contributed by atoms with van der Waals surface area (Å²) in [4.78, 5) is 14.5. The SMILES string of the molecule is Cc1cccnc1[C@@H]1CCC[C@H](c2cn3c(N4C=C5CC4CN5C)cccc3n2)N1. The molecule has 2 fully saturated rings. The second-order valence-corrected chi connectivity index (χ2v) is 8.95. The van der Waals surface area contributed by atoms with Crippen LogP contribution in [0.25, 0.3) is 5.65 Å². The van der Waals surface area contributed by atoms with E-state index in [0.29, 0.717) is 12.1 Å². The van der Waals surface area contributed by atoms with Gasteiger partial charge in [-0.15, -0.1) is 0 Å².